The molecule has 0 spiro atoms. The standard InChI is InChI=1S/C13H15ClN2O3.C7H5ClO.C6H10N2O3.2CH4/c1-19-12(18)13(6-7-15-11(13)17)16-8-9-2-4-10(14)5-3-9;8-7-3-1-6(5-9)2-4-7;1-11-5(10)6(7)2-3-8-4(6)9;;/h2-5,16H,6-8H2,1H3,(H,15,17);1-5H;2-3,7H2,1H3,(H,8,9);2*1H4. The van der Waals surface area contributed by atoms with Gasteiger partial charge in [0.1, 0.15) is 6.29 Å². The fraction of sp³-hybridized carbons (Fsp3) is 0.393. The molecule has 0 aromatic heterocycles. The lowest BCUT2D eigenvalue weighted by Crippen LogP contribution is -2.57. The van der Waals surface area contributed by atoms with E-state index < -0.39 is 28.9 Å². The van der Waals surface area contributed by atoms with Gasteiger partial charge in [0.25, 0.3) is 11.8 Å². The molecule has 2 atom stereocenters. The van der Waals surface area contributed by atoms with Gasteiger partial charge in [-0.15, -0.1) is 0 Å². The van der Waals surface area contributed by atoms with Crippen molar-refractivity contribution in [3.63, 3.8) is 0 Å². The van der Waals surface area contributed by atoms with E-state index in [-0.39, 0.29) is 20.8 Å². The van der Waals surface area contributed by atoms with Gasteiger partial charge in [-0.25, -0.2) is 9.59 Å². The molecule has 4 rings (SSSR count). The molecule has 5 N–H and O–H groups in total. The van der Waals surface area contributed by atoms with Gasteiger partial charge in [0, 0.05) is 48.1 Å². The van der Waals surface area contributed by atoms with Gasteiger partial charge in [-0.1, -0.05) is 62.3 Å². The van der Waals surface area contributed by atoms with E-state index in [0.717, 1.165) is 11.8 Å². The highest BCUT2D eigenvalue weighted by atomic mass is 35.5. The fourth-order valence-corrected chi connectivity index (χ4v) is 3.91. The molecule has 0 saturated carbocycles. The number of carbonyl (C=O) groups excluding carboxylic acids is 5. The van der Waals surface area contributed by atoms with Crippen LogP contribution in [0, 0.1) is 0 Å². The lowest BCUT2D eigenvalue weighted by atomic mass is 9.97. The molecule has 0 aliphatic carbocycles. The van der Waals surface area contributed by atoms with Crippen LogP contribution in [0.1, 0.15) is 43.6 Å². The van der Waals surface area contributed by atoms with Gasteiger partial charge < -0.3 is 25.8 Å². The maximum absolute atomic E-state index is 11.9. The van der Waals surface area contributed by atoms with Crippen LogP contribution < -0.4 is 21.7 Å². The van der Waals surface area contributed by atoms with Crippen LogP contribution in [0.25, 0.3) is 0 Å². The van der Waals surface area contributed by atoms with Gasteiger partial charge in [0.15, 0.2) is 11.1 Å². The molecule has 0 radical (unpaired) electrons. The summed E-state index contributed by atoms with van der Waals surface area (Å²) < 4.78 is 9.11. The van der Waals surface area contributed by atoms with Crippen LogP contribution in [0.2, 0.25) is 10.0 Å². The zero-order valence-electron chi connectivity index (χ0n) is 21.4. The normalized spacial score (nSPS) is 20.2. The number of nitrogens with two attached hydrogens (primary N) is 1. The maximum Gasteiger partial charge on any atom is 0.335 e. The van der Waals surface area contributed by atoms with E-state index >= 15 is 0 Å². The van der Waals surface area contributed by atoms with E-state index in [4.69, 9.17) is 33.7 Å². The average molecular weight is 614 g/mol. The highest BCUT2D eigenvalue weighted by Crippen LogP contribution is 2.19. The molecule has 2 saturated heterocycles. The van der Waals surface area contributed by atoms with Crippen LogP contribution in [0.3, 0.4) is 0 Å². The third-order valence-electron chi connectivity index (χ3n) is 5.98. The summed E-state index contributed by atoms with van der Waals surface area (Å²) in [4.78, 5) is 55.7. The maximum atomic E-state index is 11.9. The molecule has 2 unspecified atom stereocenters. The van der Waals surface area contributed by atoms with Gasteiger partial charge in [-0.05, 0) is 29.8 Å². The average Bonchev–Trinajstić information content (AvgIpc) is 3.50. The SMILES string of the molecule is C.C.COC(=O)C1(N)CCNC1=O.COC(=O)C1(NCc2ccc(Cl)cc2)CCNC1=O.O=Cc1ccc(Cl)cc1. The highest BCUT2D eigenvalue weighted by Gasteiger charge is 2.50. The summed E-state index contributed by atoms with van der Waals surface area (Å²) in [5.41, 5.74) is 4.33. The van der Waals surface area contributed by atoms with Crippen LogP contribution in [-0.4, -0.2) is 68.4 Å². The topological polar surface area (TPSA) is 166 Å². The zero-order chi connectivity index (χ0) is 29.1. The number of hydrogen-bond acceptors (Lipinski definition) is 9. The monoisotopic (exact) mass is 612 g/mol. The number of carbonyl (C=O) groups is 5. The minimum Gasteiger partial charge on any atom is -0.467 e. The first-order valence-electron chi connectivity index (χ1n) is 11.7. The summed E-state index contributed by atoms with van der Waals surface area (Å²) in [6.07, 6.45) is 1.47. The summed E-state index contributed by atoms with van der Waals surface area (Å²) in [5, 5.41) is 9.41. The van der Waals surface area contributed by atoms with E-state index in [0.29, 0.717) is 48.1 Å². The van der Waals surface area contributed by atoms with E-state index in [1.165, 1.54) is 14.2 Å². The Labute approximate surface area is 250 Å². The molecule has 226 valence electrons. The number of halogens is 2. The molecule has 2 heterocycles. The number of amides is 2. The van der Waals surface area contributed by atoms with Gasteiger partial charge >= 0.3 is 11.9 Å². The largest absolute Gasteiger partial charge is 0.467 e. The van der Waals surface area contributed by atoms with Crippen molar-refractivity contribution in [3.8, 4) is 0 Å². The molecular weight excluding hydrogens is 575 g/mol. The molecule has 2 fully saturated rings. The van der Waals surface area contributed by atoms with Crippen molar-refractivity contribution in [2.45, 2.75) is 45.3 Å². The number of benzene rings is 2. The van der Waals surface area contributed by atoms with Crippen molar-refractivity contribution in [2.24, 2.45) is 5.73 Å². The van der Waals surface area contributed by atoms with Gasteiger partial charge in [-0.2, -0.15) is 0 Å². The van der Waals surface area contributed by atoms with Crippen LogP contribution >= 0.6 is 23.2 Å². The van der Waals surface area contributed by atoms with Gasteiger partial charge in [0.05, 0.1) is 14.2 Å². The second-order valence-corrected chi connectivity index (χ2v) is 9.39. The first kappa shape index (κ1) is 37.5. The van der Waals surface area contributed by atoms with Crippen molar-refractivity contribution in [1.82, 2.24) is 16.0 Å². The molecule has 2 aromatic carbocycles. The predicted molar refractivity (Wildman–Crippen MR) is 158 cm³/mol. The van der Waals surface area contributed by atoms with Crippen LogP contribution in [-0.2, 0) is 35.2 Å². The Kier molecular flexibility index (Phi) is 15.9. The third kappa shape index (κ3) is 9.82. The lowest BCUT2D eigenvalue weighted by Gasteiger charge is -2.24. The Morgan fingerprint density at radius 3 is 1.78 bits per heavy atom. The quantitative estimate of drug-likeness (QED) is 0.218. The van der Waals surface area contributed by atoms with Crippen molar-refractivity contribution in [1.29, 1.82) is 0 Å². The van der Waals surface area contributed by atoms with E-state index in [9.17, 15) is 24.0 Å². The highest BCUT2D eigenvalue weighted by molar-refractivity contribution is 6.30. The number of nitrogens with one attached hydrogen (secondary N) is 3. The van der Waals surface area contributed by atoms with Gasteiger partial charge in [-0.3, -0.25) is 19.7 Å². The molecule has 11 nitrogen and oxygen atoms in total. The van der Waals surface area contributed by atoms with Crippen LogP contribution in [0.5, 0.6) is 0 Å². The zero-order valence-corrected chi connectivity index (χ0v) is 22.9. The minimum atomic E-state index is -1.45. The van der Waals surface area contributed by atoms with E-state index in [1.54, 1.807) is 36.4 Å². The van der Waals surface area contributed by atoms with Crippen LogP contribution in [0.4, 0.5) is 0 Å². The Balaban J connectivity index is 0.000000623. The number of hydrogen-bond donors (Lipinski definition) is 4. The Morgan fingerprint density at radius 2 is 1.37 bits per heavy atom. The molecule has 2 amide bonds. The molecule has 13 heteroatoms. The number of methoxy groups -OCH3 is 2. The Bertz CT molecular complexity index is 1180. The number of rotatable bonds is 6. The molecule has 2 aromatic rings. The summed E-state index contributed by atoms with van der Waals surface area (Å²) in [6, 6.07) is 13.9. The second kappa shape index (κ2) is 17.3. The number of aldehydes is 1. The summed E-state index contributed by atoms with van der Waals surface area (Å²) in [6.45, 7) is 1.28. The molecule has 41 heavy (non-hydrogen) atoms. The van der Waals surface area contributed by atoms with E-state index in [2.05, 4.69) is 20.7 Å². The minimum absolute atomic E-state index is 0. The first-order chi connectivity index (χ1) is 18.5. The summed E-state index contributed by atoms with van der Waals surface area (Å²) in [5.74, 6) is -2.03. The molecule has 2 aliphatic heterocycles. The molecule has 0 bridgehead atoms. The van der Waals surface area contributed by atoms with Crippen molar-refractivity contribution < 1.29 is 33.4 Å². The molecule has 2 aliphatic rings. The number of esters is 2. The first-order valence-corrected chi connectivity index (χ1v) is 12.5. The second-order valence-electron chi connectivity index (χ2n) is 8.52. The predicted octanol–water partition coefficient (Wildman–Crippen LogP) is 2.66. The smallest absolute Gasteiger partial charge is 0.335 e. The Morgan fingerprint density at radius 1 is 0.878 bits per heavy atom. The van der Waals surface area contributed by atoms with Crippen molar-refractivity contribution in [2.75, 3.05) is 27.3 Å². The summed E-state index contributed by atoms with van der Waals surface area (Å²) in [7, 11) is 2.49. The number of ether oxygens (including phenoxy) is 2. The lowest BCUT2D eigenvalue weighted by molar-refractivity contribution is -0.153. The van der Waals surface area contributed by atoms with Crippen molar-refractivity contribution >= 4 is 53.2 Å². The molecular formula is C28H38Cl2N4O7. The van der Waals surface area contributed by atoms with Crippen LogP contribution in [0.15, 0.2) is 48.5 Å². The third-order valence-corrected chi connectivity index (χ3v) is 6.48. The summed E-state index contributed by atoms with van der Waals surface area (Å²) >= 11 is 11.4. The fourth-order valence-electron chi connectivity index (χ4n) is 3.66. The van der Waals surface area contributed by atoms with Crippen molar-refractivity contribution in [3.05, 3.63) is 69.7 Å². The van der Waals surface area contributed by atoms with Gasteiger partial charge in [0.2, 0.25) is 0 Å². The van der Waals surface area contributed by atoms with E-state index in [1.807, 2.05) is 12.1 Å². The Hall–Kier alpha value is -3.51.